The molecule has 3 rings (SSSR count). The summed E-state index contributed by atoms with van der Waals surface area (Å²) in [6, 6.07) is 12.0. The number of hydrogen-bond acceptors (Lipinski definition) is 3. The zero-order valence-electron chi connectivity index (χ0n) is 14.0. The largest absolute Gasteiger partial charge is 0.493 e. The van der Waals surface area contributed by atoms with Crippen molar-refractivity contribution < 1.29 is 14.3 Å². The lowest BCUT2D eigenvalue weighted by atomic mass is 10.1. The lowest BCUT2D eigenvalue weighted by molar-refractivity contribution is -0.122. The third-order valence-electron chi connectivity index (χ3n) is 4.36. The highest BCUT2D eigenvalue weighted by Crippen LogP contribution is 2.48. The van der Waals surface area contributed by atoms with Crippen molar-refractivity contribution in [2.24, 2.45) is 5.92 Å². The Hall–Kier alpha value is -1.53. The summed E-state index contributed by atoms with van der Waals surface area (Å²) in [5.74, 6) is 1.75. The zero-order chi connectivity index (χ0) is 18.0. The quantitative estimate of drug-likeness (QED) is 0.671. The van der Waals surface area contributed by atoms with Crippen molar-refractivity contribution in [3.05, 3.63) is 56.5 Å². The second kappa shape index (κ2) is 7.79. The first-order valence-corrected chi connectivity index (χ1v) is 9.55. The van der Waals surface area contributed by atoms with Crippen LogP contribution in [0.3, 0.4) is 0 Å². The number of carbonyl (C=O) groups is 1. The lowest BCUT2D eigenvalue weighted by Crippen LogP contribution is -2.24. The van der Waals surface area contributed by atoms with Gasteiger partial charge in [0, 0.05) is 16.9 Å². The summed E-state index contributed by atoms with van der Waals surface area (Å²) in [6.45, 7) is 0.458. The van der Waals surface area contributed by atoms with Crippen LogP contribution in [-0.2, 0) is 11.3 Å². The number of benzene rings is 2. The Balaban J connectivity index is 1.61. The smallest absolute Gasteiger partial charge is 0.224 e. The summed E-state index contributed by atoms with van der Waals surface area (Å²) in [7, 11) is 3.19. The number of hydrogen-bond donors (Lipinski definition) is 1. The topological polar surface area (TPSA) is 47.6 Å². The molecule has 0 bridgehead atoms. The summed E-state index contributed by atoms with van der Waals surface area (Å²) in [6.07, 6.45) is 0.901. The monoisotopic (exact) mass is 467 g/mol. The molecule has 0 aromatic heterocycles. The highest BCUT2D eigenvalue weighted by Gasteiger charge is 2.43. The Morgan fingerprint density at radius 3 is 2.68 bits per heavy atom. The molecule has 0 radical (unpaired) electrons. The van der Waals surface area contributed by atoms with Crippen LogP contribution in [-0.4, -0.2) is 20.1 Å². The van der Waals surface area contributed by atoms with Crippen LogP contribution in [0.4, 0.5) is 0 Å². The van der Waals surface area contributed by atoms with E-state index in [9.17, 15) is 4.79 Å². The number of carbonyl (C=O) groups excluding carboxylic acids is 1. The first-order valence-electron chi connectivity index (χ1n) is 7.97. The SMILES string of the molecule is COc1cc(CNC(=O)C2CC2c2cccc(Br)c2)cc(Br)c1OC. The molecule has 0 saturated heterocycles. The normalized spacial score (nSPS) is 18.6. The van der Waals surface area contributed by atoms with Gasteiger partial charge >= 0.3 is 0 Å². The second-order valence-corrected chi connectivity index (χ2v) is 7.80. The van der Waals surface area contributed by atoms with Crippen molar-refractivity contribution in [2.75, 3.05) is 14.2 Å². The maximum absolute atomic E-state index is 12.4. The van der Waals surface area contributed by atoms with Crippen molar-refractivity contribution in [1.82, 2.24) is 5.32 Å². The van der Waals surface area contributed by atoms with E-state index in [1.807, 2.05) is 24.3 Å². The molecule has 1 amide bonds. The molecule has 0 aliphatic heterocycles. The summed E-state index contributed by atoms with van der Waals surface area (Å²) in [4.78, 5) is 12.4. The van der Waals surface area contributed by atoms with E-state index in [4.69, 9.17) is 9.47 Å². The van der Waals surface area contributed by atoms with E-state index in [2.05, 4.69) is 49.3 Å². The van der Waals surface area contributed by atoms with Gasteiger partial charge in [-0.05, 0) is 63.7 Å². The third-order valence-corrected chi connectivity index (χ3v) is 5.45. The summed E-state index contributed by atoms with van der Waals surface area (Å²) >= 11 is 6.95. The van der Waals surface area contributed by atoms with Crippen molar-refractivity contribution in [3.63, 3.8) is 0 Å². The molecule has 25 heavy (non-hydrogen) atoms. The molecule has 6 heteroatoms. The van der Waals surface area contributed by atoms with Crippen LogP contribution < -0.4 is 14.8 Å². The minimum atomic E-state index is 0.0536. The van der Waals surface area contributed by atoms with Gasteiger partial charge in [0.05, 0.1) is 18.7 Å². The first-order chi connectivity index (χ1) is 12.0. The van der Waals surface area contributed by atoms with Crippen molar-refractivity contribution in [2.45, 2.75) is 18.9 Å². The minimum absolute atomic E-state index is 0.0536. The fraction of sp³-hybridized carbons (Fsp3) is 0.316. The van der Waals surface area contributed by atoms with Gasteiger partial charge in [0.1, 0.15) is 0 Å². The van der Waals surface area contributed by atoms with E-state index in [1.54, 1.807) is 14.2 Å². The van der Waals surface area contributed by atoms with Crippen LogP contribution in [0.5, 0.6) is 11.5 Å². The average Bonchev–Trinajstić information content (AvgIpc) is 3.40. The molecule has 1 saturated carbocycles. The summed E-state index contributed by atoms with van der Waals surface area (Å²) in [5, 5.41) is 3.02. The highest BCUT2D eigenvalue weighted by atomic mass is 79.9. The fourth-order valence-electron chi connectivity index (χ4n) is 2.98. The molecule has 2 atom stereocenters. The van der Waals surface area contributed by atoms with Crippen LogP contribution >= 0.6 is 31.9 Å². The molecule has 2 unspecified atom stereocenters. The number of nitrogens with one attached hydrogen (secondary N) is 1. The molecular formula is C19H19Br2NO3. The van der Waals surface area contributed by atoms with E-state index in [-0.39, 0.29) is 11.8 Å². The van der Waals surface area contributed by atoms with Gasteiger partial charge in [0.15, 0.2) is 11.5 Å². The molecular weight excluding hydrogens is 450 g/mol. The molecule has 0 spiro atoms. The molecule has 1 aliphatic rings. The molecule has 1 fully saturated rings. The maximum atomic E-state index is 12.4. The number of amides is 1. The van der Waals surface area contributed by atoms with E-state index in [0.717, 1.165) is 20.9 Å². The van der Waals surface area contributed by atoms with Gasteiger partial charge < -0.3 is 14.8 Å². The van der Waals surface area contributed by atoms with Crippen LogP contribution in [0.15, 0.2) is 45.3 Å². The minimum Gasteiger partial charge on any atom is -0.493 e. The predicted molar refractivity (Wildman–Crippen MR) is 104 cm³/mol. The second-order valence-electron chi connectivity index (χ2n) is 6.03. The molecule has 1 aliphatic carbocycles. The molecule has 132 valence electrons. The Morgan fingerprint density at radius 1 is 1.20 bits per heavy atom. The molecule has 2 aromatic carbocycles. The lowest BCUT2D eigenvalue weighted by Gasteiger charge is -2.12. The van der Waals surface area contributed by atoms with Crippen molar-refractivity contribution in [1.29, 1.82) is 0 Å². The van der Waals surface area contributed by atoms with E-state index in [1.165, 1.54) is 5.56 Å². The highest BCUT2D eigenvalue weighted by molar-refractivity contribution is 9.10. The van der Waals surface area contributed by atoms with Crippen molar-refractivity contribution >= 4 is 37.8 Å². The maximum Gasteiger partial charge on any atom is 0.224 e. The van der Waals surface area contributed by atoms with Gasteiger partial charge in [0.25, 0.3) is 0 Å². The Kier molecular flexibility index (Phi) is 5.69. The van der Waals surface area contributed by atoms with Crippen LogP contribution in [0.1, 0.15) is 23.5 Å². The van der Waals surface area contributed by atoms with Crippen LogP contribution in [0.2, 0.25) is 0 Å². The van der Waals surface area contributed by atoms with Gasteiger partial charge in [-0.2, -0.15) is 0 Å². The Labute approximate surface area is 164 Å². The first kappa shape index (κ1) is 18.3. The third kappa shape index (κ3) is 4.18. The van der Waals surface area contributed by atoms with Crippen LogP contribution in [0, 0.1) is 5.92 Å². The number of halogens is 2. The fourth-order valence-corrected chi connectivity index (χ4v) is 4.05. The molecule has 4 nitrogen and oxygen atoms in total. The van der Waals surface area contributed by atoms with E-state index < -0.39 is 0 Å². The average molecular weight is 469 g/mol. The van der Waals surface area contributed by atoms with Crippen molar-refractivity contribution in [3.8, 4) is 11.5 Å². The summed E-state index contributed by atoms with van der Waals surface area (Å²) < 4.78 is 12.5. The van der Waals surface area contributed by atoms with Crippen LogP contribution in [0.25, 0.3) is 0 Å². The van der Waals surface area contributed by atoms with Gasteiger partial charge in [-0.25, -0.2) is 0 Å². The number of rotatable bonds is 6. The van der Waals surface area contributed by atoms with Gasteiger partial charge in [-0.15, -0.1) is 0 Å². The predicted octanol–water partition coefficient (Wildman–Crippen LogP) is 4.65. The van der Waals surface area contributed by atoms with E-state index in [0.29, 0.717) is 24.0 Å². The number of ether oxygens (including phenoxy) is 2. The van der Waals surface area contributed by atoms with E-state index >= 15 is 0 Å². The molecule has 2 aromatic rings. The van der Waals surface area contributed by atoms with Gasteiger partial charge in [-0.3, -0.25) is 4.79 Å². The molecule has 0 heterocycles. The Morgan fingerprint density at radius 2 is 2.00 bits per heavy atom. The zero-order valence-corrected chi connectivity index (χ0v) is 17.2. The molecule has 1 N–H and O–H groups in total. The number of methoxy groups -OCH3 is 2. The summed E-state index contributed by atoms with van der Waals surface area (Å²) in [5.41, 5.74) is 2.17. The van der Waals surface area contributed by atoms with Gasteiger partial charge in [0.2, 0.25) is 5.91 Å². The standard InChI is InChI=1S/C19H19Br2NO3/c1-24-17-7-11(6-16(21)18(17)25-2)10-22-19(23)15-9-14(15)12-4-3-5-13(20)8-12/h3-8,14-15H,9-10H2,1-2H3,(H,22,23). The Bertz CT molecular complexity index is 794. The van der Waals surface area contributed by atoms with Gasteiger partial charge in [-0.1, -0.05) is 28.1 Å².